The second-order valence-electron chi connectivity index (χ2n) is 8.78. The first-order valence-electron chi connectivity index (χ1n) is 11.3. The molecule has 5 heteroatoms. The van der Waals surface area contributed by atoms with Crippen molar-refractivity contribution in [2.24, 2.45) is 23.7 Å². The van der Waals surface area contributed by atoms with Crippen molar-refractivity contribution in [3.8, 4) is 0 Å². The summed E-state index contributed by atoms with van der Waals surface area (Å²) in [6, 6.07) is 0. The van der Waals surface area contributed by atoms with Crippen molar-refractivity contribution in [3.63, 3.8) is 0 Å². The van der Waals surface area contributed by atoms with Crippen LogP contribution >= 0.6 is 0 Å². The number of aliphatic hydroxyl groups is 2. The molecule has 174 valence electrons. The number of esters is 1. The molecule has 1 aliphatic heterocycles. The molecule has 1 aliphatic rings. The van der Waals surface area contributed by atoms with Gasteiger partial charge in [0.15, 0.2) is 0 Å². The highest BCUT2D eigenvalue weighted by Gasteiger charge is 2.41. The number of hydrogen-bond acceptors (Lipinski definition) is 5. The van der Waals surface area contributed by atoms with Gasteiger partial charge in [0, 0.05) is 24.4 Å². The van der Waals surface area contributed by atoms with Crippen LogP contribution in [0, 0.1) is 23.7 Å². The zero-order valence-electron chi connectivity index (χ0n) is 19.9. The first kappa shape index (κ1) is 27.1. The number of aliphatic hydroxyl groups excluding tert-OH is 2. The van der Waals surface area contributed by atoms with E-state index in [1.165, 1.54) is 6.92 Å². The molecule has 1 rings (SSSR count). The molecule has 31 heavy (non-hydrogen) atoms. The Morgan fingerprint density at radius 3 is 2.48 bits per heavy atom. The fraction of sp³-hybridized carbons (Fsp3) is 0.615. The van der Waals surface area contributed by atoms with E-state index in [-0.39, 0.29) is 42.2 Å². The Morgan fingerprint density at radius 1 is 1.23 bits per heavy atom. The molecule has 0 amide bonds. The van der Waals surface area contributed by atoms with Gasteiger partial charge < -0.3 is 14.9 Å². The molecule has 0 unspecified atom stereocenters. The van der Waals surface area contributed by atoms with Gasteiger partial charge in [0.05, 0.1) is 12.0 Å². The van der Waals surface area contributed by atoms with Gasteiger partial charge in [-0.25, -0.2) is 0 Å². The van der Waals surface area contributed by atoms with Crippen LogP contribution in [0.1, 0.15) is 60.8 Å². The largest absolute Gasteiger partial charge is 0.457 e. The van der Waals surface area contributed by atoms with E-state index in [1.54, 1.807) is 19.1 Å². The van der Waals surface area contributed by atoms with Gasteiger partial charge in [-0.3, -0.25) is 9.59 Å². The summed E-state index contributed by atoms with van der Waals surface area (Å²) in [5.74, 6) is -1.01. The summed E-state index contributed by atoms with van der Waals surface area (Å²) >= 11 is 0. The number of cyclic esters (lactones) is 1. The second-order valence-corrected chi connectivity index (χ2v) is 8.78. The first-order valence-corrected chi connectivity index (χ1v) is 11.3. The van der Waals surface area contributed by atoms with Crippen LogP contribution in [0.15, 0.2) is 47.6 Å². The molecule has 5 nitrogen and oxygen atoms in total. The zero-order valence-corrected chi connectivity index (χ0v) is 19.9. The molecule has 6 atom stereocenters. The standard InChI is InChI=1S/C26H40O5/c1-7-8-11-22(16-27)12-9-10-18(3)25-20(5)23(26(30)31-25)15-17(2)13-14-24(29)19(4)21(6)28/h9-10,12-15,19-20,22-25,27,29H,7-8,11,16H2,1-6H3/b12-9+,14-13+,17-15+,18-10+/t19-,20+,22-,23+,24+,25-/m1/s1. The van der Waals surface area contributed by atoms with Gasteiger partial charge in [-0.1, -0.05) is 75.6 Å². The second kappa shape index (κ2) is 13.4. The number of carbonyl (C=O) groups is 2. The van der Waals surface area contributed by atoms with Crippen molar-refractivity contribution in [2.45, 2.75) is 73.0 Å². The van der Waals surface area contributed by atoms with Crippen molar-refractivity contribution >= 4 is 11.8 Å². The third-order valence-corrected chi connectivity index (χ3v) is 6.07. The number of ether oxygens (including phenoxy) is 1. The van der Waals surface area contributed by atoms with Crippen LogP contribution in [0.25, 0.3) is 0 Å². The number of unbranched alkanes of at least 4 members (excludes halogenated alkanes) is 1. The third kappa shape index (κ3) is 8.58. The van der Waals surface area contributed by atoms with Crippen molar-refractivity contribution in [2.75, 3.05) is 6.61 Å². The van der Waals surface area contributed by atoms with Crippen molar-refractivity contribution in [1.82, 2.24) is 0 Å². The third-order valence-electron chi connectivity index (χ3n) is 6.07. The highest BCUT2D eigenvalue weighted by Crippen LogP contribution is 2.34. The Balaban J connectivity index is 2.81. The Hall–Kier alpha value is -1.98. The number of ketones is 1. The maximum Gasteiger partial charge on any atom is 0.313 e. The number of allylic oxidation sites excluding steroid dienone is 4. The van der Waals surface area contributed by atoms with Gasteiger partial charge in [0.2, 0.25) is 0 Å². The van der Waals surface area contributed by atoms with Gasteiger partial charge in [-0.2, -0.15) is 0 Å². The Labute approximate surface area is 187 Å². The maximum absolute atomic E-state index is 12.5. The van der Waals surface area contributed by atoms with Crippen molar-refractivity contribution < 1.29 is 24.5 Å². The quantitative estimate of drug-likeness (QED) is 0.349. The molecule has 0 bridgehead atoms. The van der Waals surface area contributed by atoms with E-state index in [0.29, 0.717) is 0 Å². The van der Waals surface area contributed by atoms with E-state index in [4.69, 9.17) is 4.74 Å². The van der Waals surface area contributed by atoms with Crippen molar-refractivity contribution in [1.29, 1.82) is 0 Å². The Bertz CT molecular complexity index is 715. The van der Waals surface area contributed by atoms with Crippen LogP contribution in [-0.2, 0) is 14.3 Å². The smallest absolute Gasteiger partial charge is 0.313 e. The lowest BCUT2D eigenvalue weighted by molar-refractivity contribution is -0.142. The van der Waals surface area contributed by atoms with E-state index in [1.807, 2.05) is 45.1 Å². The summed E-state index contributed by atoms with van der Waals surface area (Å²) in [7, 11) is 0. The molecule has 0 aliphatic carbocycles. The van der Waals surface area contributed by atoms with Crippen LogP contribution in [0.4, 0.5) is 0 Å². The average Bonchev–Trinajstić information content (AvgIpc) is 3.01. The van der Waals surface area contributed by atoms with Crippen LogP contribution in [-0.4, -0.2) is 40.8 Å². The molecule has 0 spiro atoms. The number of carbonyl (C=O) groups excluding carboxylic acids is 2. The fourth-order valence-corrected chi connectivity index (χ4v) is 3.61. The molecule has 0 aromatic carbocycles. The molecule has 0 saturated carbocycles. The van der Waals surface area contributed by atoms with Gasteiger partial charge in [0.1, 0.15) is 11.9 Å². The predicted octanol–water partition coefficient (Wildman–Crippen LogP) is 4.55. The van der Waals surface area contributed by atoms with Gasteiger partial charge in [-0.05, 0) is 32.8 Å². The number of rotatable bonds is 12. The Morgan fingerprint density at radius 2 is 1.90 bits per heavy atom. The monoisotopic (exact) mass is 432 g/mol. The number of Topliss-reactive ketones (excluding diaryl/α,β-unsaturated/α-hetero) is 1. The summed E-state index contributed by atoms with van der Waals surface area (Å²) in [5, 5.41) is 19.5. The van der Waals surface area contributed by atoms with E-state index < -0.39 is 12.0 Å². The normalized spacial score (nSPS) is 25.8. The summed E-state index contributed by atoms with van der Waals surface area (Å²) in [6.45, 7) is 11.2. The fourth-order valence-electron chi connectivity index (χ4n) is 3.61. The number of hydrogen-bond donors (Lipinski definition) is 2. The van der Waals surface area contributed by atoms with Gasteiger partial charge in [-0.15, -0.1) is 0 Å². The summed E-state index contributed by atoms with van der Waals surface area (Å²) in [4.78, 5) is 23.8. The Kier molecular flexibility index (Phi) is 11.7. The molecule has 1 fully saturated rings. The minimum Gasteiger partial charge on any atom is -0.457 e. The van der Waals surface area contributed by atoms with Gasteiger partial charge >= 0.3 is 5.97 Å². The lowest BCUT2D eigenvalue weighted by Crippen LogP contribution is -2.21. The maximum atomic E-state index is 12.5. The predicted molar refractivity (Wildman–Crippen MR) is 124 cm³/mol. The average molecular weight is 433 g/mol. The molecular formula is C26H40O5. The van der Waals surface area contributed by atoms with E-state index in [2.05, 4.69) is 6.92 Å². The molecule has 1 saturated heterocycles. The van der Waals surface area contributed by atoms with Gasteiger partial charge in [0.25, 0.3) is 0 Å². The highest BCUT2D eigenvalue weighted by molar-refractivity contribution is 5.79. The molecule has 2 N–H and O–H groups in total. The van der Waals surface area contributed by atoms with E-state index in [9.17, 15) is 19.8 Å². The highest BCUT2D eigenvalue weighted by atomic mass is 16.6. The summed E-state index contributed by atoms with van der Waals surface area (Å²) in [5.41, 5.74) is 1.81. The van der Waals surface area contributed by atoms with E-state index in [0.717, 1.165) is 30.4 Å². The molecule has 0 radical (unpaired) electrons. The van der Waals surface area contributed by atoms with E-state index >= 15 is 0 Å². The lowest BCUT2D eigenvalue weighted by Gasteiger charge is -2.16. The molecule has 1 heterocycles. The van der Waals surface area contributed by atoms with Crippen LogP contribution in [0.3, 0.4) is 0 Å². The summed E-state index contributed by atoms with van der Waals surface area (Å²) in [6.07, 6.45) is 13.1. The van der Waals surface area contributed by atoms with Crippen LogP contribution < -0.4 is 0 Å². The summed E-state index contributed by atoms with van der Waals surface area (Å²) < 4.78 is 5.64. The topological polar surface area (TPSA) is 83.8 Å². The molecule has 0 aromatic heterocycles. The van der Waals surface area contributed by atoms with Crippen LogP contribution in [0.2, 0.25) is 0 Å². The van der Waals surface area contributed by atoms with Crippen LogP contribution in [0.5, 0.6) is 0 Å². The molecule has 0 aromatic rings. The minimum atomic E-state index is -0.849. The molecular weight excluding hydrogens is 392 g/mol. The minimum absolute atomic E-state index is 0.0182. The van der Waals surface area contributed by atoms with Crippen molar-refractivity contribution in [3.05, 3.63) is 47.6 Å². The SMILES string of the molecule is CCCC[C@H](/C=C/C=C(\C)[C@H]1OC(=O)[C@@H](/C=C(C)/C=C/[C@H](O)[C@H](C)C(C)=O)[C@@H]1C)CO. The lowest BCUT2D eigenvalue weighted by atomic mass is 9.87. The zero-order chi connectivity index (χ0) is 23.6. The first-order chi connectivity index (χ1) is 14.6.